The Balaban J connectivity index is 1.64. The summed E-state index contributed by atoms with van der Waals surface area (Å²) < 4.78 is 27.8. The topological polar surface area (TPSA) is 85.3 Å². The van der Waals surface area contributed by atoms with Crippen LogP contribution in [0.4, 0.5) is 15.8 Å². The monoisotopic (exact) mass is 463 g/mol. The molecule has 1 aliphatic heterocycles. The molecule has 1 fully saturated rings. The summed E-state index contributed by atoms with van der Waals surface area (Å²) in [5, 5.41) is 0.482. The predicted molar refractivity (Wildman–Crippen MR) is 127 cm³/mol. The van der Waals surface area contributed by atoms with Gasteiger partial charge in [-0.1, -0.05) is 0 Å². The molecular weight excluding hydrogens is 437 g/mol. The molecule has 34 heavy (non-hydrogen) atoms. The fourth-order valence-electron chi connectivity index (χ4n) is 4.43. The first kappa shape index (κ1) is 22.1. The van der Waals surface area contributed by atoms with Gasteiger partial charge < -0.3 is 19.4 Å². The molecule has 1 aliphatic rings. The van der Waals surface area contributed by atoms with Crippen LogP contribution in [0.15, 0.2) is 53.8 Å². The third-order valence-electron chi connectivity index (χ3n) is 6.20. The summed E-state index contributed by atoms with van der Waals surface area (Å²) in [6.07, 6.45) is 6.53. The molecule has 1 saturated heterocycles. The van der Waals surface area contributed by atoms with Gasteiger partial charge in [-0.25, -0.2) is 14.4 Å². The zero-order chi connectivity index (χ0) is 23.7. The zero-order valence-corrected chi connectivity index (χ0v) is 19.1. The number of aryl methyl sites for hydroxylation is 1. The second-order valence-electron chi connectivity index (χ2n) is 8.42. The number of anilines is 2. The van der Waals surface area contributed by atoms with Crippen molar-refractivity contribution in [3.8, 4) is 5.75 Å². The Labute approximate surface area is 196 Å². The lowest BCUT2D eigenvalue weighted by Gasteiger charge is -2.26. The molecule has 0 atom stereocenters. The smallest absolute Gasteiger partial charge is 0.261 e. The Morgan fingerprint density at radius 3 is 2.79 bits per heavy atom. The highest BCUT2D eigenvalue weighted by atomic mass is 19.1. The summed E-state index contributed by atoms with van der Waals surface area (Å²) in [4.78, 5) is 27.1. The number of ether oxygens (including phenoxy) is 2. The number of hydrogen-bond acceptors (Lipinski definition) is 6. The third kappa shape index (κ3) is 4.14. The van der Waals surface area contributed by atoms with Crippen molar-refractivity contribution in [2.75, 3.05) is 25.2 Å². The average Bonchev–Trinajstić information content (AvgIpc) is 3.38. The molecule has 8 nitrogen and oxygen atoms in total. The van der Waals surface area contributed by atoms with E-state index in [2.05, 4.69) is 15.0 Å². The second-order valence-corrected chi connectivity index (χ2v) is 8.42. The van der Waals surface area contributed by atoms with E-state index in [1.54, 1.807) is 52.5 Å². The molecule has 0 aliphatic carbocycles. The number of aromatic amines is 1. The van der Waals surface area contributed by atoms with E-state index in [4.69, 9.17) is 9.47 Å². The van der Waals surface area contributed by atoms with Crippen molar-refractivity contribution in [3.05, 3.63) is 76.6 Å². The standard InChI is InChI=1S/C25H26FN5O3/c1-16-11-21(24(26)22(12-16)33-2)30(14-23-27-7-8-28-23)18-3-4-20-19(13-18)25(32)31(15-29-20)17-5-9-34-10-6-17/h3-4,7-8,11-13,15,17H,5-6,9-10,14H2,1-2H3,(H,27,28). The van der Waals surface area contributed by atoms with Gasteiger partial charge in [-0.15, -0.1) is 0 Å². The first-order valence-electron chi connectivity index (χ1n) is 11.2. The molecule has 0 amide bonds. The normalized spacial score (nSPS) is 14.4. The van der Waals surface area contributed by atoms with E-state index in [-0.39, 0.29) is 23.9 Å². The minimum atomic E-state index is -0.481. The van der Waals surface area contributed by atoms with Gasteiger partial charge in [0.1, 0.15) is 5.82 Å². The molecule has 5 rings (SSSR count). The van der Waals surface area contributed by atoms with Crippen LogP contribution in [0.2, 0.25) is 0 Å². The number of fused-ring (bicyclic) bond motifs is 1. The molecule has 0 radical (unpaired) electrons. The van der Waals surface area contributed by atoms with Crippen LogP contribution < -0.4 is 15.2 Å². The van der Waals surface area contributed by atoms with E-state index in [1.165, 1.54) is 7.11 Å². The lowest BCUT2D eigenvalue weighted by atomic mass is 10.1. The van der Waals surface area contributed by atoms with Gasteiger partial charge in [0.25, 0.3) is 5.56 Å². The van der Waals surface area contributed by atoms with Gasteiger partial charge in [0.2, 0.25) is 0 Å². The quantitative estimate of drug-likeness (QED) is 0.460. The lowest BCUT2D eigenvalue weighted by molar-refractivity contribution is 0.0685. The highest BCUT2D eigenvalue weighted by Crippen LogP contribution is 2.35. The third-order valence-corrected chi connectivity index (χ3v) is 6.20. The molecule has 2 aromatic carbocycles. The lowest BCUT2D eigenvalue weighted by Crippen LogP contribution is -2.29. The molecule has 0 spiro atoms. The largest absolute Gasteiger partial charge is 0.494 e. The van der Waals surface area contributed by atoms with Crippen molar-refractivity contribution in [1.29, 1.82) is 0 Å². The Kier molecular flexibility index (Phi) is 6.02. The summed E-state index contributed by atoms with van der Waals surface area (Å²) in [6, 6.07) is 8.87. The van der Waals surface area contributed by atoms with Gasteiger partial charge in [-0.05, 0) is 55.7 Å². The number of benzene rings is 2. The number of H-pyrrole nitrogens is 1. The Bertz CT molecular complexity index is 1360. The van der Waals surface area contributed by atoms with E-state index < -0.39 is 5.82 Å². The van der Waals surface area contributed by atoms with E-state index >= 15 is 4.39 Å². The van der Waals surface area contributed by atoms with Crippen molar-refractivity contribution in [2.24, 2.45) is 0 Å². The van der Waals surface area contributed by atoms with E-state index in [1.807, 2.05) is 13.0 Å². The number of methoxy groups -OCH3 is 1. The molecule has 0 unspecified atom stereocenters. The SMILES string of the molecule is COc1cc(C)cc(N(Cc2ncc[nH]2)c2ccc3ncn(C4CCOCC4)c(=O)c3c2)c1F. The van der Waals surface area contributed by atoms with Gasteiger partial charge in [0.05, 0.1) is 36.6 Å². The van der Waals surface area contributed by atoms with Crippen LogP contribution in [0.3, 0.4) is 0 Å². The van der Waals surface area contributed by atoms with Crippen LogP contribution in [0, 0.1) is 12.7 Å². The van der Waals surface area contributed by atoms with Gasteiger partial charge in [0.15, 0.2) is 11.6 Å². The van der Waals surface area contributed by atoms with Gasteiger partial charge >= 0.3 is 0 Å². The minimum Gasteiger partial charge on any atom is -0.494 e. The maximum atomic E-state index is 15.4. The Morgan fingerprint density at radius 2 is 2.06 bits per heavy atom. The minimum absolute atomic E-state index is 0.0551. The molecule has 4 aromatic rings. The van der Waals surface area contributed by atoms with Crippen LogP contribution in [-0.2, 0) is 11.3 Å². The predicted octanol–water partition coefficient (Wildman–Crippen LogP) is 4.27. The first-order chi connectivity index (χ1) is 16.5. The van der Waals surface area contributed by atoms with Gasteiger partial charge in [-0.2, -0.15) is 0 Å². The molecule has 0 bridgehead atoms. The number of aromatic nitrogens is 4. The maximum absolute atomic E-state index is 15.4. The molecule has 9 heteroatoms. The molecular formula is C25H26FN5O3. The van der Waals surface area contributed by atoms with Crippen molar-refractivity contribution < 1.29 is 13.9 Å². The Hall–Kier alpha value is -3.72. The number of imidazole rings is 1. The van der Waals surface area contributed by atoms with Crippen LogP contribution in [-0.4, -0.2) is 39.8 Å². The van der Waals surface area contributed by atoms with E-state index in [9.17, 15) is 4.79 Å². The zero-order valence-electron chi connectivity index (χ0n) is 19.1. The number of rotatable bonds is 6. The van der Waals surface area contributed by atoms with Crippen molar-refractivity contribution in [2.45, 2.75) is 32.4 Å². The Morgan fingerprint density at radius 1 is 1.24 bits per heavy atom. The highest BCUT2D eigenvalue weighted by molar-refractivity contribution is 5.83. The summed E-state index contributed by atoms with van der Waals surface area (Å²) >= 11 is 0. The van der Waals surface area contributed by atoms with Crippen LogP contribution in [0.25, 0.3) is 10.9 Å². The van der Waals surface area contributed by atoms with Crippen LogP contribution >= 0.6 is 0 Å². The average molecular weight is 464 g/mol. The molecule has 0 saturated carbocycles. The fourth-order valence-corrected chi connectivity index (χ4v) is 4.43. The molecule has 1 N–H and O–H groups in total. The number of hydrogen-bond donors (Lipinski definition) is 1. The van der Waals surface area contributed by atoms with Crippen molar-refractivity contribution >= 4 is 22.3 Å². The van der Waals surface area contributed by atoms with Crippen LogP contribution in [0.1, 0.15) is 30.3 Å². The fraction of sp³-hybridized carbons (Fsp3) is 0.320. The molecule has 2 aromatic heterocycles. The summed E-state index contributed by atoms with van der Waals surface area (Å²) in [6.45, 7) is 3.41. The van der Waals surface area contributed by atoms with Gasteiger partial charge in [0, 0.05) is 37.3 Å². The summed E-state index contributed by atoms with van der Waals surface area (Å²) in [5.74, 6) is 0.333. The molecule has 176 valence electrons. The highest BCUT2D eigenvalue weighted by Gasteiger charge is 2.22. The number of nitrogens with one attached hydrogen (secondary N) is 1. The van der Waals surface area contributed by atoms with E-state index in [0.717, 1.165) is 18.4 Å². The second kappa shape index (κ2) is 9.26. The molecule has 3 heterocycles. The van der Waals surface area contributed by atoms with Crippen molar-refractivity contribution in [1.82, 2.24) is 19.5 Å². The maximum Gasteiger partial charge on any atom is 0.261 e. The summed E-state index contributed by atoms with van der Waals surface area (Å²) in [5.41, 5.74) is 2.32. The summed E-state index contributed by atoms with van der Waals surface area (Å²) in [7, 11) is 1.44. The van der Waals surface area contributed by atoms with Crippen LogP contribution in [0.5, 0.6) is 5.75 Å². The van der Waals surface area contributed by atoms with E-state index in [0.29, 0.717) is 41.3 Å². The number of nitrogens with zero attached hydrogens (tertiary/aromatic N) is 4. The van der Waals surface area contributed by atoms with Gasteiger partial charge in [-0.3, -0.25) is 9.36 Å². The first-order valence-corrected chi connectivity index (χ1v) is 11.2. The van der Waals surface area contributed by atoms with Crippen molar-refractivity contribution in [3.63, 3.8) is 0 Å². The number of halogens is 1.